The Balaban J connectivity index is 1.61. The van der Waals surface area contributed by atoms with Gasteiger partial charge in [-0.05, 0) is 62.7 Å². The highest BCUT2D eigenvalue weighted by atomic mass is 19.1. The van der Waals surface area contributed by atoms with E-state index in [0.29, 0.717) is 28.3 Å². The zero-order valence-corrected chi connectivity index (χ0v) is 21.2. The van der Waals surface area contributed by atoms with Crippen LogP contribution in [0.15, 0.2) is 79.0 Å². The molecular weight excluding hydrogens is 471 g/mol. The van der Waals surface area contributed by atoms with Crippen molar-refractivity contribution in [3.8, 4) is 22.7 Å². The maximum Gasteiger partial charge on any atom is 0.254 e. The van der Waals surface area contributed by atoms with Crippen LogP contribution >= 0.6 is 0 Å². The number of nitrogens with zero attached hydrogens (tertiary/aromatic N) is 3. The van der Waals surface area contributed by atoms with Gasteiger partial charge in [0.25, 0.3) is 5.91 Å². The Bertz CT molecular complexity index is 1400. The lowest BCUT2D eigenvalue weighted by Crippen LogP contribution is -2.42. The number of benzene rings is 3. The van der Waals surface area contributed by atoms with Gasteiger partial charge in [-0.15, -0.1) is 0 Å². The number of aryl methyl sites for hydroxylation is 1. The number of carbonyl (C=O) groups is 2. The second kappa shape index (κ2) is 11.1. The first-order chi connectivity index (χ1) is 17.8. The van der Waals surface area contributed by atoms with Crippen LogP contribution < -0.4 is 10.1 Å². The lowest BCUT2D eigenvalue weighted by molar-refractivity contribution is -0.117. The second-order valence-electron chi connectivity index (χ2n) is 8.92. The number of amides is 2. The van der Waals surface area contributed by atoms with Crippen LogP contribution in [0.5, 0.6) is 5.75 Å². The number of rotatable bonds is 8. The molecule has 0 fully saturated rings. The van der Waals surface area contributed by atoms with E-state index in [1.807, 2.05) is 44.2 Å². The lowest BCUT2D eigenvalue weighted by atomic mass is 10.1. The number of halogens is 1. The van der Waals surface area contributed by atoms with Crippen molar-refractivity contribution in [1.82, 2.24) is 14.5 Å². The van der Waals surface area contributed by atoms with Gasteiger partial charge >= 0.3 is 0 Å². The third kappa shape index (κ3) is 5.86. The fourth-order valence-corrected chi connectivity index (χ4v) is 3.85. The van der Waals surface area contributed by atoms with Crippen molar-refractivity contribution in [2.45, 2.75) is 26.8 Å². The maximum absolute atomic E-state index is 14.4. The maximum atomic E-state index is 14.4. The Morgan fingerprint density at radius 2 is 1.76 bits per heavy atom. The van der Waals surface area contributed by atoms with Crippen LogP contribution in [-0.2, 0) is 4.79 Å². The van der Waals surface area contributed by atoms with Crippen LogP contribution in [0.25, 0.3) is 16.9 Å². The third-order valence-electron chi connectivity index (χ3n) is 6.00. The molecule has 0 saturated heterocycles. The molecule has 7 nitrogen and oxygen atoms in total. The normalized spacial score (nSPS) is 10.9. The molecule has 3 aromatic carbocycles. The summed E-state index contributed by atoms with van der Waals surface area (Å²) in [5, 5.41) is 2.82. The molecule has 0 bridgehead atoms. The summed E-state index contributed by atoms with van der Waals surface area (Å²) >= 11 is 0. The molecule has 190 valence electrons. The summed E-state index contributed by atoms with van der Waals surface area (Å²) in [6, 6.07) is 20.8. The molecule has 4 aromatic rings. The van der Waals surface area contributed by atoms with Crippen LogP contribution in [0, 0.1) is 12.7 Å². The van der Waals surface area contributed by atoms with Gasteiger partial charge < -0.3 is 9.64 Å². The summed E-state index contributed by atoms with van der Waals surface area (Å²) in [7, 11) is 1.56. The molecule has 0 spiro atoms. The summed E-state index contributed by atoms with van der Waals surface area (Å²) in [5.41, 5.74) is 2.95. The van der Waals surface area contributed by atoms with Crippen LogP contribution in [0.4, 0.5) is 10.3 Å². The van der Waals surface area contributed by atoms with Gasteiger partial charge in [0.1, 0.15) is 18.1 Å². The smallest absolute Gasteiger partial charge is 0.254 e. The molecule has 0 radical (unpaired) electrons. The van der Waals surface area contributed by atoms with E-state index >= 15 is 0 Å². The van der Waals surface area contributed by atoms with E-state index in [0.717, 1.165) is 5.56 Å². The highest BCUT2D eigenvalue weighted by molar-refractivity contribution is 5.99. The molecular formula is C29H29FN4O3. The predicted molar refractivity (Wildman–Crippen MR) is 141 cm³/mol. The largest absolute Gasteiger partial charge is 0.497 e. The van der Waals surface area contributed by atoms with Crippen molar-refractivity contribution in [2.24, 2.45) is 0 Å². The minimum absolute atomic E-state index is 0.182. The minimum atomic E-state index is -0.422. The minimum Gasteiger partial charge on any atom is -0.497 e. The van der Waals surface area contributed by atoms with E-state index in [1.54, 1.807) is 61.2 Å². The van der Waals surface area contributed by atoms with E-state index in [4.69, 9.17) is 4.74 Å². The molecule has 0 saturated carbocycles. The van der Waals surface area contributed by atoms with Crippen LogP contribution in [0.3, 0.4) is 0 Å². The Labute approximate surface area is 215 Å². The molecule has 1 aromatic heterocycles. The fourth-order valence-electron chi connectivity index (χ4n) is 3.85. The first-order valence-corrected chi connectivity index (χ1v) is 11.9. The van der Waals surface area contributed by atoms with E-state index in [2.05, 4.69) is 10.3 Å². The van der Waals surface area contributed by atoms with E-state index in [9.17, 15) is 14.0 Å². The number of carbonyl (C=O) groups excluding carboxylic acids is 2. The predicted octanol–water partition coefficient (Wildman–Crippen LogP) is 5.48. The molecule has 0 unspecified atom stereocenters. The number of nitrogens with one attached hydrogen (secondary N) is 1. The van der Waals surface area contributed by atoms with Gasteiger partial charge in [-0.3, -0.25) is 19.5 Å². The average Bonchev–Trinajstić information content (AvgIpc) is 3.32. The number of aromatic nitrogens is 2. The van der Waals surface area contributed by atoms with Crippen molar-refractivity contribution < 1.29 is 18.7 Å². The third-order valence-corrected chi connectivity index (χ3v) is 6.00. The van der Waals surface area contributed by atoms with Crippen LogP contribution in [0.2, 0.25) is 0 Å². The Hall–Kier alpha value is -4.46. The van der Waals surface area contributed by atoms with Gasteiger partial charge in [-0.1, -0.05) is 36.4 Å². The Morgan fingerprint density at radius 1 is 1.05 bits per heavy atom. The van der Waals surface area contributed by atoms with Gasteiger partial charge in [0.05, 0.1) is 18.5 Å². The highest BCUT2D eigenvalue weighted by Crippen LogP contribution is 2.25. The molecule has 1 heterocycles. The van der Waals surface area contributed by atoms with E-state index in [1.165, 1.54) is 11.0 Å². The molecule has 0 aliphatic carbocycles. The van der Waals surface area contributed by atoms with Gasteiger partial charge in [-0.2, -0.15) is 0 Å². The van der Waals surface area contributed by atoms with E-state index in [-0.39, 0.29) is 30.3 Å². The second-order valence-corrected chi connectivity index (χ2v) is 8.92. The van der Waals surface area contributed by atoms with Crippen LogP contribution in [0.1, 0.15) is 29.8 Å². The van der Waals surface area contributed by atoms with Gasteiger partial charge in [0.15, 0.2) is 0 Å². The fraction of sp³-hybridized carbons (Fsp3) is 0.207. The van der Waals surface area contributed by atoms with E-state index < -0.39 is 5.91 Å². The molecule has 0 atom stereocenters. The number of ether oxygens (including phenoxy) is 1. The highest BCUT2D eigenvalue weighted by Gasteiger charge is 2.23. The number of methoxy groups -OCH3 is 1. The number of imidazole rings is 1. The van der Waals surface area contributed by atoms with Crippen molar-refractivity contribution in [3.63, 3.8) is 0 Å². The summed E-state index contributed by atoms with van der Waals surface area (Å²) in [6.45, 7) is 5.19. The van der Waals surface area contributed by atoms with Crippen molar-refractivity contribution in [1.29, 1.82) is 0 Å². The lowest BCUT2D eigenvalue weighted by Gasteiger charge is -2.26. The summed E-state index contributed by atoms with van der Waals surface area (Å²) in [6.07, 6.45) is 1.75. The Kier molecular flexibility index (Phi) is 7.67. The zero-order chi connectivity index (χ0) is 26.5. The average molecular weight is 501 g/mol. The van der Waals surface area contributed by atoms with Crippen molar-refractivity contribution in [2.75, 3.05) is 19.0 Å². The molecule has 1 N–H and O–H groups in total. The summed E-state index contributed by atoms with van der Waals surface area (Å²) in [4.78, 5) is 32.4. The first kappa shape index (κ1) is 25.6. The Morgan fingerprint density at radius 3 is 2.38 bits per heavy atom. The molecule has 37 heavy (non-hydrogen) atoms. The molecule has 2 amide bonds. The molecule has 8 heteroatoms. The van der Waals surface area contributed by atoms with Gasteiger partial charge in [0, 0.05) is 23.4 Å². The number of hydrogen-bond acceptors (Lipinski definition) is 4. The number of anilines is 1. The zero-order valence-electron chi connectivity index (χ0n) is 21.2. The van der Waals surface area contributed by atoms with Crippen molar-refractivity contribution in [3.05, 3.63) is 95.9 Å². The monoisotopic (exact) mass is 500 g/mol. The quantitative estimate of drug-likeness (QED) is 0.347. The first-order valence-electron chi connectivity index (χ1n) is 11.9. The molecule has 0 aliphatic heterocycles. The van der Waals surface area contributed by atoms with Crippen LogP contribution in [-0.4, -0.2) is 46.0 Å². The molecule has 4 rings (SSSR count). The molecule has 0 aliphatic rings. The standard InChI is InChI=1S/C29H29FN4O3/c1-19(2)33(28(36)22-11-14-24(37-4)15-12-22)18-27(35)32-29-31-26(21-8-6-5-7-9-21)17-34(29)23-13-10-20(3)25(30)16-23/h5-17,19H,18H2,1-4H3,(H,31,32,35). The van der Waals surface area contributed by atoms with Gasteiger partial charge in [0.2, 0.25) is 11.9 Å². The number of hydrogen-bond donors (Lipinski definition) is 1. The van der Waals surface area contributed by atoms with Gasteiger partial charge in [-0.25, -0.2) is 9.37 Å². The summed E-state index contributed by atoms with van der Waals surface area (Å²) in [5.74, 6) is -0.191. The van der Waals surface area contributed by atoms with Crippen molar-refractivity contribution >= 4 is 17.8 Å². The summed E-state index contributed by atoms with van der Waals surface area (Å²) < 4.78 is 21.2. The SMILES string of the molecule is COc1ccc(C(=O)N(CC(=O)Nc2nc(-c3ccccc3)cn2-c2ccc(C)c(F)c2)C(C)C)cc1. The topological polar surface area (TPSA) is 76.5 Å².